The molecule has 3 nitrogen and oxygen atoms in total. The van der Waals surface area contributed by atoms with Crippen LogP contribution in [0.2, 0.25) is 0 Å². The molecular weight excluding hydrogens is 178 g/mol. The van der Waals surface area contributed by atoms with E-state index in [0.717, 1.165) is 12.8 Å². The van der Waals surface area contributed by atoms with Gasteiger partial charge in [0.05, 0.1) is 6.61 Å². The van der Waals surface area contributed by atoms with Crippen LogP contribution in [0.25, 0.3) is 0 Å². The van der Waals surface area contributed by atoms with Gasteiger partial charge in [-0.1, -0.05) is 0 Å². The molecule has 0 atom stereocenters. The fourth-order valence-corrected chi connectivity index (χ4v) is 1.32. The number of hydrogen-bond donors (Lipinski definition) is 0. The lowest BCUT2D eigenvalue weighted by Gasteiger charge is -2.20. The Morgan fingerprint density at radius 1 is 1.67 bits per heavy atom. The quantitative estimate of drug-likeness (QED) is 0.604. The minimum absolute atomic E-state index is 0.0243. The third-order valence-electron chi connectivity index (χ3n) is 1.96. The standard InChI is InChI=1S/C8H14ClNO2/c1-12-5-4-10(7-2-3-7)8(11)6-9/h7H,2-6H2,1H3. The number of amides is 1. The zero-order valence-electron chi connectivity index (χ0n) is 7.25. The number of ether oxygens (including phenoxy) is 1. The van der Waals surface area contributed by atoms with Gasteiger partial charge in [0.15, 0.2) is 0 Å². The van der Waals surface area contributed by atoms with Crippen molar-refractivity contribution in [2.24, 2.45) is 0 Å². The van der Waals surface area contributed by atoms with Crippen molar-refractivity contribution in [3.8, 4) is 0 Å². The molecule has 0 aromatic carbocycles. The van der Waals surface area contributed by atoms with Gasteiger partial charge in [0.2, 0.25) is 5.91 Å². The van der Waals surface area contributed by atoms with Crippen LogP contribution in [0.3, 0.4) is 0 Å². The first kappa shape index (κ1) is 9.81. The molecule has 0 heterocycles. The summed E-state index contributed by atoms with van der Waals surface area (Å²) in [6.07, 6.45) is 2.23. The molecule has 0 radical (unpaired) electrons. The first-order valence-corrected chi connectivity index (χ1v) is 4.67. The molecule has 0 aromatic heterocycles. The Labute approximate surface area is 77.6 Å². The molecular formula is C8H14ClNO2. The number of methoxy groups -OCH3 is 1. The lowest BCUT2D eigenvalue weighted by Crippen LogP contribution is -2.36. The molecule has 0 saturated heterocycles. The van der Waals surface area contributed by atoms with Gasteiger partial charge in [-0.3, -0.25) is 4.79 Å². The third-order valence-corrected chi connectivity index (χ3v) is 2.19. The largest absolute Gasteiger partial charge is 0.383 e. The van der Waals surface area contributed by atoms with Gasteiger partial charge in [0, 0.05) is 19.7 Å². The van der Waals surface area contributed by atoms with Gasteiger partial charge in [0.1, 0.15) is 5.88 Å². The van der Waals surface area contributed by atoms with Gasteiger partial charge < -0.3 is 9.64 Å². The highest BCUT2D eigenvalue weighted by atomic mass is 35.5. The highest BCUT2D eigenvalue weighted by Gasteiger charge is 2.31. The summed E-state index contributed by atoms with van der Waals surface area (Å²) in [6, 6.07) is 0.436. The average Bonchev–Trinajstić information content (AvgIpc) is 2.88. The van der Waals surface area contributed by atoms with Crippen LogP contribution in [-0.4, -0.2) is 43.0 Å². The number of halogens is 1. The summed E-state index contributed by atoms with van der Waals surface area (Å²) in [6.45, 7) is 1.27. The topological polar surface area (TPSA) is 29.5 Å². The number of nitrogens with zero attached hydrogens (tertiary/aromatic N) is 1. The molecule has 12 heavy (non-hydrogen) atoms. The summed E-state index contributed by atoms with van der Waals surface area (Å²) in [5, 5.41) is 0. The maximum absolute atomic E-state index is 11.2. The van der Waals surface area contributed by atoms with Crippen molar-refractivity contribution in [3.05, 3.63) is 0 Å². The van der Waals surface area contributed by atoms with E-state index in [4.69, 9.17) is 16.3 Å². The molecule has 0 unspecified atom stereocenters. The second kappa shape index (κ2) is 4.67. The predicted molar refractivity (Wildman–Crippen MR) is 47.3 cm³/mol. The van der Waals surface area contributed by atoms with Crippen LogP contribution in [0.1, 0.15) is 12.8 Å². The number of rotatable bonds is 5. The lowest BCUT2D eigenvalue weighted by atomic mass is 10.4. The van der Waals surface area contributed by atoms with Crippen molar-refractivity contribution < 1.29 is 9.53 Å². The number of alkyl halides is 1. The number of carbonyl (C=O) groups excluding carboxylic acids is 1. The van der Waals surface area contributed by atoms with Crippen LogP contribution in [0.15, 0.2) is 0 Å². The summed E-state index contributed by atoms with van der Waals surface area (Å²) in [5.74, 6) is 0.108. The molecule has 1 saturated carbocycles. The Balaban J connectivity index is 2.32. The van der Waals surface area contributed by atoms with Crippen molar-refractivity contribution in [2.45, 2.75) is 18.9 Å². The van der Waals surface area contributed by atoms with Gasteiger partial charge in [-0.15, -0.1) is 11.6 Å². The second-order valence-corrected chi connectivity index (χ2v) is 3.21. The highest BCUT2D eigenvalue weighted by molar-refractivity contribution is 6.27. The monoisotopic (exact) mass is 191 g/mol. The minimum Gasteiger partial charge on any atom is -0.383 e. The molecule has 1 aliphatic carbocycles. The normalized spacial score (nSPS) is 16.2. The summed E-state index contributed by atoms with van der Waals surface area (Å²) in [7, 11) is 1.64. The summed E-state index contributed by atoms with van der Waals surface area (Å²) in [4.78, 5) is 13.1. The molecule has 0 bridgehead atoms. The van der Waals surface area contributed by atoms with E-state index in [2.05, 4.69) is 0 Å². The van der Waals surface area contributed by atoms with E-state index in [-0.39, 0.29) is 11.8 Å². The molecule has 4 heteroatoms. The van der Waals surface area contributed by atoms with E-state index >= 15 is 0 Å². The Kier molecular flexibility index (Phi) is 3.82. The van der Waals surface area contributed by atoms with Crippen LogP contribution in [0.5, 0.6) is 0 Å². The van der Waals surface area contributed by atoms with Gasteiger partial charge in [-0.2, -0.15) is 0 Å². The van der Waals surface area contributed by atoms with Crippen molar-refractivity contribution >= 4 is 17.5 Å². The first-order chi connectivity index (χ1) is 5.79. The number of hydrogen-bond acceptors (Lipinski definition) is 2. The van der Waals surface area contributed by atoms with Gasteiger partial charge in [-0.05, 0) is 12.8 Å². The molecule has 70 valence electrons. The fraction of sp³-hybridized carbons (Fsp3) is 0.875. The fourth-order valence-electron chi connectivity index (χ4n) is 1.16. The number of carbonyl (C=O) groups is 1. The average molecular weight is 192 g/mol. The van der Waals surface area contributed by atoms with E-state index < -0.39 is 0 Å². The Hall–Kier alpha value is -0.280. The van der Waals surface area contributed by atoms with Gasteiger partial charge >= 0.3 is 0 Å². The van der Waals surface area contributed by atoms with E-state index in [1.807, 2.05) is 4.90 Å². The summed E-state index contributed by atoms with van der Waals surface area (Å²) in [5.41, 5.74) is 0. The van der Waals surface area contributed by atoms with Gasteiger partial charge in [-0.25, -0.2) is 0 Å². The molecule has 0 spiro atoms. The summed E-state index contributed by atoms with van der Waals surface area (Å²) < 4.78 is 4.91. The van der Waals surface area contributed by atoms with Crippen LogP contribution < -0.4 is 0 Å². The van der Waals surface area contributed by atoms with Gasteiger partial charge in [0.25, 0.3) is 0 Å². The molecule has 1 aliphatic rings. The maximum atomic E-state index is 11.2. The first-order valence-electron chi connectivity index (χ1n) is 4.14. The third kappa shape index (κ3) is 2.64. The Morgan fingerprint density at radius 3 is 2.75 bits per heavy atom. The molecule has 1 rings (SSSR count). The second-order valence-electron chi connectivity index (χ2n) is 2.94. The van der Waals surface area contributed by atoms with Crippen molar-refractivity contribution in [2.75, 3.05) is 26.1 Å². The van der Waals surface area contributed by atoms with Crippen LogP contribution >= 0.6 is 11.6 Å². The zero-order chi connectivity index (χ0) is 8.97. The molecule has 0 aliphatic heterocycles. The molecule has 0 N–H and O–H groups in total. The summed E-state index contributed by atoms with van der Waals surface area (Å²) >= 11 is 5.47. The zero-order valence-corrected chi connectivity index (χ0v) is 8.01. The van der Waals surface area contributed by atoms with E-state index in [1.165, 1.54) is 0 Å². The van der Waals surface area contributed by atoms with Crippen molar-refractivity contribution in [1.82, 2.24) is 4.90 Å². The predicted octanol–water partition coefficient (Wildman–Crippen LogP) is 0.863. The lowest BCUT2D eigenvalue weighted by molar-refractivity contribution is -0.129. The van der Waals surface area contributed by atoms with Crippen LogP contribution in [0, 0.1) is 0 Å². The maximum Gasteiger partial charge on any atom is 0.237 e. The Bertz CT molecular complexity index is 159. The van der Waals surface area contributed by atoms with E-state index in [0.29, 0.717) is 19.2 Å². The van der Waals surface area contributed by atoms with Crippen molar-refractivity contribution in [1.29, 1.82) is 0 Å². The van der Waals surface area contributed by atoms with E-state index in [9.17, 15) is 4.79 Å². The van der Waals surface area contributed by atoms with E-state index in [1.54, 1.807) is 7.11 Å². The molecule has 1 fully saturated rings. The smallest absolute Gasteiger partial charge is 0.237 e. The highest BCUT2D eigenvalue weighted by Crippen LogP contribution is 2.26. The minimum atomic E-state index is 0.0243. The van der Waals surface area contributed by atoms with Crippen molar-refractivity contribution in [3.63, 3.8) is 0 Å². The van der Waals surface area contributed by atoms with Crippen LogP contribution in [-0.2, 0) is 9.53 Å². The molecule has 1 amide bonds. The molecule has 0 aromatic rings. The Morgan fingerprint density at radius 2 is 2.33 bits per heavy atom. The SMILES string of the molecule is COCCN(C(=O)CCl)C1CC1. The van der Waals surface area contributed by atoms with Crippen LogP contribution in [0.4, 0.5) is 0 Å².